The maximum absolute atomic E-state index is 13.2. The van der Waals surface area contributed by atoms with E-state index in [4.69, 9.17) is 4.42 Å². The number of amides is 1. The molecule has 1 unspecified atom stereocenters. The van der Waals surface area contributed by atoms with Gasteiger partial charge in [-0.05, 0) is 38.1 Å². The van der Waals surface area contributed by atoms with Gasteiger partial charge in [0.1, 0.15) is 17.6 Å². The summed E-state index contributed by atoms with van der Waals surface area (Å²) in [6.45, 7) is 3.16. The van der Waals surface area contributed by atoms with E-state index in [1.165, 1.54) is 25.1 Å². The number of alkyl halides is 3. The number of para-hydroxylation sites is 2. The van der Waals surface area contributed by atoms with Crippen LogP contribution in [0.2, 0.25) is 0 Å². The summed E-state index contributed by atoms with van der Waals surface area (Å²) in [7, 11) is 0. The highest BCUT2D eigenvalue weighted by Crippen LogP contribution is 2.27. The Labute approximate surface area is 151 Å². The van der Waals surface area contributed by atoms with Crippen LogP contribution in [0.5, 0.6) is 0 Å². The third-order valence-electron chi connectivity index (χ3n) is 4.06. The summed E-state index contributed by atoms with van der Waals surface area (Å²) in [5.74, 6) is 0.546. The Hall–Kier alpha value is -3.10. The Morgan fingerprint density at radius 2 is 1.96 bits per heavy atom. The lowest BCUT2D eigenvalue weighted by atomic mass is 10.2. The van der Waals surface area contributed by atoms with E-state index in [0.717, 1.165) is 4.57 Å². The second-order valence-corrected chi connectivity index (χ2v) is 6.03. The van der Waals surface area contributed by atoms with Crippen LogP contribution in [0, 0.1) is 6.92 Å². The van der Waals surface area contributed by atoms with Crippen LogP contribution in [0.25, 0.3) is 11.0 Å². The number of aromatic nitrogens is 2. The van der Waals surface area contributed by atoms with Crippen LogP contribution in [0.15, 0.2) is 45.6 Å². The van der Waals surface area contributed by atoms with Gasteiger partial charge in [-0.1, -0.05) is 12.1 Å². The zero-order valence-corrected chi connectivity index (χ0v) is 14.5. The monoisotopic (exact) mass is 379 g/mol. The SMILES string of the molecule is Cc1ccc(CNC(=O)C(C)n2c(=O)c(C(F)(F)F)nc3ccccc32)o1. The van der Waals surface area contributed by atoms with Gasteiger partial charge in [-0.2, -0.15) is 13.2 Å². The molecule has 9 heteroatoms. The van der Waals surface area contributed by atoms with Gasteiger partial charge in [-0.15, -0.1) is 0 Å². The second kappa shape index (κ2) is 6.90. The summed E-state index contributed by atoms with van der Waals surface area (Å²) in [4.78, 5) is 28.3. The Balaban J connectivity index is 2.00. The van der Waals surface area contributed by atoms with Crippen LogP contribution >= 0.6 is 0 Å². The molecule has 0 spiro atoms. The van der Waals surface area contributed by atoms with Crippen LogP contribution in [0.1, 0.15) is 30.2 Å². The highest BCUT2D eigenvalue weighted by Gasteiger charge is 2.38. The van der Waals surface area contributed by atoms with Crippen molar-refractivity contribution in [1.29, 1.82) is 0 Å². The molecule has 0 fully saturated rings. The first-order chi connectivity index (χ1) is 12.7. The molecule has 0 bridgehead atoms. The summed E-state index contributed by atoms with van der Waals surface area (Å²) in [6.07, 6.45) is -4.93. The maximum atomic E-state index is 13.2. The molecule has 0 saturated carbocycles. The van der Waals surface area contributed by atoms with Crippen molar-refractivity contribution in [2.75, 3.05) is 0 Å². The average Bonchev–Trinajstić information content (AvgIpc) is 3.03. The van der Waals surface area contributed by atoms with Gasteiger partial charge in [0.25, 0.3) is 5.56 Å². The molecule has 1 atom stereocenters. The van der Waals surface area contributed by atoms with Crippen molar-refractivity contribution in [3.63, 3.8) is 0 Å². The van der Waals surface area contributed by atoms with E-state index in [1.807, 2.05) is 0 Å². The molecule has 142 valence electrons. The van der Waals surface area contributed by atoms with Crippen molar-refractivity contribution >= 4 is 16.9 Å². The average molecular weight is 379 g/mol. The van der Waals surface area contributed by atoms with Crippen molar-refractivity contribution in [3.05, 3.63) is 64.0 Å². The molecular weight excluding hydrogens is 363 g/mol. The fourth-order valence-electron chi connectivity index (χ4n) is 2.74. The summed E-state index contributed by atoms with van der Waals surface area (Å²) >= 11 is 0. The number of halogens is 3. The number of nitrogens with one attached hydrogen (secondary N) is 1. The Bertz CT molecular complexity index is 1050. The molecule has 0 aliphatic carbocycles. The van der Waals surface area contributed by atoms with E-state index in [1.54, 1.807) is 25.1 Å². The number of furan rings is 1. The third kappa shape index (κ3) is 3.71. The molecule has 6 nitrogen and oxygen atoms in total. The van der Waals surface area contributed by atoms with Crippen molar-refractivity contribution < 1.29 is 22.4 Å². The molecule has 1 N–H and O–H groups in total. The number of rotatable bonds is 4. The van der Waals surface area contributed by atoms with E-state index in [9.17, 15) is 22.8 Å². The lowest BCUT2D eigenvalue weighted by Gasteiger charge is -2.19. The second-order valence-electron chi connectivity index (χ2n) is 6.03. The number of carbonyl (C=O) groups excluding carboxylic acids is 1. The fourth-order valence-corrected chi connectivity index (χ4v) is 2.74. The molecule has 1 aromatic carbocycles. The minimum Gasteiger partial charge on any atom is -0.465 e. The molecule has 3 rings (SSSR count). The van der Waals surface area contributed by atoms with Gasteiger partial charge in [-0.25, -0.2) is 4.98 Å². The molecule has 27 heavy (non-hydrogen) atoms. The standard InChI is InChI=1S/C18H16F3N3O3/c1-10-7-8-12(27-10)9-22-16(25)11(2)24-14-6-4-3-5-13(14)23-15(17(24)26)18(19,20)21/h3-8,11H,9H2,1-2H3,(H,22,25). The predicted molar refractivity (Wildman–Crippen MR) is 91.0 cm³/mol. The van der Waals surface area contributed by atoms with Gasteiger partial charge in [0.05, 0.1) is 17.6 Å². The minimum absolute atomic E-state index is 0.0225. The maximum Gasteiger partial charge on any atom is 0.438 e. The lowest BCUT2D eigenvalue weighted by Crippen LogP contribution is -2.38. The van der Waals surface area contributed by atoms with Gasteiger partial charge in [0.2, 0.25) is 11.6 Å². The molecule has 0 saturated heterocycles. The number of nitrogens with zero attached hydrogens (tertiary/aromatic N) is 2. The first kappa shape index (κ1) is 18.7. The number of fused-ring (bicyclic) bond motifs is 1. The lowest BCUT2D eigenvalue weighted by molar-refractivity contribution is -0.142. The van der Waals surface area contributed by atoms with Crippen molar-refractivity contribution in [3.8, 4) is 0 Å². The molecule has 1 amide bonds. The van der Waals surface area contributed by atoms with Crippen LogP contribution in [0.3, 0.4) is 0 Å². The van der Waals surface area contributed by atoms with Gasteiger partial charge >= 0.3 is 6.18 Å². The normalized spacial score (nSPS) is 12.9. The highest BCUT2D eigenvalue weighted by atomic mass is 19.4. The summed E-state index contributed by atoms with van der Waals surface area (Å²) in [5, 5.41) is 2.57. The highest BCUT2D eigenvalue weighted by molar-refractivity contribution is 5.83. The van der Waals surface area contributed by atoms with Gasteiger partial charge < -0.3 is 9.73 Å². The number of hydrogen-bond donors (Lipinski definition) is 1. The zero-order valence-electron chi connectivity index (χ0n) is 14.5. The molecule has 2 aromatic heterocycles. The van der Waals surface area contributed by atoms with E-state index in [0.29, 0.717) is 11.5 Å². The third-order valence-corrected chi connectivity index (χ3v) is 4.06. The van der Waals surface area contributed by atoms with Crippen LogP contribution in [-0.2, 0) is 17.5 Å². The van der Waals surface area contributed by atoms with Crippen molar-refractivity contribution in [1.82, 2.24) is 14.9 Å². The largest absolute Gasteiger partial charge is 0.465 e. The van der Waals surface area contributed by atoms with Crippen LogP contribution in [0.4, 0.5) is 13.2 Å². The first-order valence-electron chi connectivity index (χ1n) is 8.10. The topological polar surface area (TPSA) is 77.1 Å². The number of benzene rings is 1. The predicted octanol–water partition coefficient (Wildman–Crippen LogP) is 3.19. The van der Waals surface area contributed by atoms with Crippen LogP contribution < -0.4 is 10.9 Å². The molecule has 0 aliphatic heterocycles. The van der Waals surface area contributed by atoms with E-state index < -0.39 is 29.4 Å². The summed E-state index contributed by atoms with van der Waals surface area (Å²) in [6, 6.07) is 8.10. The first-order valence-corrected chi connectivity index (χ1v) is 8.10. The fraction of sp³-hybridized carbons (Fsp3) is 0.278. The van der Waals surface area contributed by atoms with E-state index in [2.05, 4.69) is 10.3 Å². The molecular formula is C18H16F3N3O3. The minimum atomic E-state index is -4.93. The van der Waals surface area contributed by atoms with Crippen LogP contribution in [-0.4, -0.2) is 15.5 Å². The van der Waals surface area contributed by atoms with Crippen molar-refractivity contribution in [2.24, 2.45) is 0 Å². The van der Waals surface area contributed by atoms with Gasteiger partial charge in [-0.3, -0.25) is 14.2 Å². The van der Waals surface area contributed by atoms with Crippen molar-refractivity contribution in [2.45, 2.75) is 32.6 Å². The molecule has 0 aliphatic rings. The molecule has 2 heterocycles. The molecule has 3 aromatic rings. The van der Waals surface area contributed by atoms with Gasteiger partial charge in [0.15, 0.2) is 0 Å². The smallest absolute Gasteiger partial charge is 0.438 e. The Morgan fingerprint density at radius 3 is 2.59 bits per heavy atom. The van der Waals surface area contributed by atoms with E-state index >= 15 is 0 Å². The molecule has 0 radical (unpaired) electrons. The quantitative estimate of drug-likeness (QED) is 0.755. The summed E-state index contributed by atoms with van der Waals surface area (Å²) < 4.78 is 45.8. The number of hydrogen-bond acceptors (Lipinski definition) is 4. The zero-order chi connectivity index (χ0) is 19.8. The Morgan fingerprint density at radius 1 is 1.26 bits per heavy atom. The number of carbonyl (C=O) groups is 1. The van der Waals surface area contributed by atoms with Gasteiger partial charge in [0, 0.05) is 0 Å². The summed E-state index contributed by atoms with van der Waals surface area (Å²) in [5.41, 5.74) is -2.79. The number of aryl methyl sites for hydroxylation is 1. The Kier molecular flexibility index (Phi) is 4.77. The van der Waals surface area contributed by atoms with E-state index in [-0.39, 0.29) is 17.6 Å².